The van der Waals surface area contributed by atoms with Gasteiger partial charge in [-0.2, -0.15) is 5.26 Å². The fourth-order valence-electron chi connectivity index (χ4n) is 3.72. The van der Waals surface area contributed by atoms with Crippen molar-refractivity contribution in [2.45, 2.75) is 45.7 Å². The maximum atomic E-state index is 9.12. The van der Waals surface area contributed by atoms with Gasteiger partial charge in [-0.15, -0.1) is 10.2 Å². The minimum absolute atomic E-state index is 0.219. The van der Waals surface area contributed by atoms with E-state index in [0.29, 0.717) is 23.8 Å². The lowest BCUT2D eigenvalue weighted by Gasteiger charge is -2.23. The van der Waals surface area contributed by atoms with Gasteiger partial charge in [0.1, 0.15) is 0 Å². The van der Waals surface area contributed by atoms with Crippen LogP contribution in [-0.4, -0.2) is 53.7 Å². The summed E-state index contributed by atoms with van der Waals surface area (Å²) in [5, 5.41) is 17.7. The molecule has 7 nitrogen and oxygen atoms in total. The van der Waals surface area contributed by atoms with Crippen LogP contribution in [0.1, 0.15) is 56.1 Å². The van der Waals surface area contributed by atoms with E-state index in [1.807, 2.05) is 32.3 Å². The van der Waals surface area contributed by atoms with E-state index in [9.17, 15) is 0 Å². The Kier molecular flexibility index (Phi) is 8.06. The van der Waals surface area contributed by atoms with Crippen molar-refractivity contribution in [1.29, 1.82) is 5.26 Å². The van der Waals surface area contributed by atoms with Crippen molar-refractivity contribution < 1.29 is 4.42 Å². The first-order chi connectivity index (χ1) is 15.7. The summed E-state index contributed by atoms with van der Waals surface area (Å²) in [7, 11) is 6.19. The van der Waals surface area contributed by atoms with E-state index in [2.05, 4.69) is 66.0 Å². The Hall–Kier alpha value is -2.95. The van der Waals surface area contributed by atoms with Gasteiger partial charge in [0.2, 0.25) is 11.8 Å². The first-order valence-corrected chi connectivity index (χ1v) is 11.5. The number of hydrogen-bond donors (Lipinski definition) is 1. The summed E-state index contributed by atoms with van der Waals surface area (Å²) >= 11 is 0. The first kappa shape index (κ1) is 24.7. The van der Waals surface area contributed by atoms with Crippen LogP contribution < -0.4 is 5.73 Å². The SMILES string of the molecule is C/C(=C\C(=C/C(C)N(C)CC1CC1C)c1nnc(C(N)Cc2cccc(C#N)c2)o1)N(C)C. The van der Waals surface area contributed by atoms with E-state index in [1.54, 1.807) is 6.07 Å². The van der Waals surface area contributed by atoms with Crippen LogP contribution in [0.25, 0.3) is 5.57 Å². The lowest BCUT2D eigenvalue weighted by Crippen LogP contribution is -2.30. The third kappa shape index (κ3) is 6.77. The van der Waals surface area contributed by atoms with Crippen molar-refractivity contribution in [3.63, 3.8) is 0 Å². The van der Waals surface area contributed by atoms with Gasteiger partial charge in [0, 0.05) is 38.0 Å². The summed E-state index contributed by atoms with van der Waals surface area (Å²) in [5.74, 6) is 2.48. The van der Waals surface area contributed by atoms with Crippen molar-refractivity contribution >= 4 is 5.57 Å². The summed E-state index contributed by atoms with van der Waals surface area (Å²) in [6.45, 7) is 7.65. The molecule has 2 aromatic rings. The molecule has 1 saturated carbocycles. The van der Waals surface area contributed by atoms with E-state index in [-0.39, 0.29) is 6.04 Å². The number of allylic oxidation sites excluding steroid dienone is 3. The van der Waals surface area contributed by atoms with Gasteiger partial charge in [-0.3, -0.25) is 4.90 Å². The van der Waals surface area contributed by atoms with Gasteiger partial charge in [-0.05, 0) is 69.3 Å². The quantitative estimate of drug-likeness (QED) is 0.549. The molecular weight excluding hydrogens is 412 g/mol. The van der Waals surface area contributed by atoms with Crippen LogP contribution in [0.3, 0.4) is 0 Å². The molecule has 1 aromatic heterocycles. The number of benzene rings is 1. The third-order valence-electron chi connectivity index (χ3n) is 6.50. The number of rotatable bonds is 10. The summed E-state index contributed by atoms with van der Waals surface area (Å²) in [5.41, 5.74) is 9.93. The predicted octanol–water partition coefficient (Wildman–Crippen LogP) is 4.01. The molecule has 4 atom stereocenters. The number of nitriles is 1. The Morgan fingerprint density at radius 1 is 1.33 bits per heavy atom. The lowest BCUT2D eigenvalue weighted by atomic mass is 10.0. The molecule has 3 rings (SSSR count). The molecule has 2 N–H and O–H groups in total. The number of likely N-dealkylation sites (N-methyl/N-ethyl adjacent to an activating group) is 1. The molecule has 7 heteroatoms. The van der Waals surface area contributed by atoms with Gasteiger partial charge in [-0.25, -0.2) is 0 Å². The minimum atomic E-state index is -0.447. The molecule has 1 fully saturated rings. The van der Waals surface area contributed by atoms with Crippen molar-refractivity contribution in [3.8, 4) is 6.07 Å². The second kappa shape index (κ2) is 10.8. The molecule has 1 aliphatic rings. The molecule has 1 aliphatic carbocycles. The highest BCUT2D eigenvalue weighted by Gasteiger charge is 2.33. The average Bonchev–Trinajstić information content (AvgIpc) is 3.25. The fourth-order valence-corrected chi connectivity index (χ4v) is 3.72. The molecule has 33 heavy (non-hydrogen) atoms. The zero-order valence-electron chi connectivity index (χ0n) is 20.6. The average molecular weight is 449 g/mol. The normalized spacial score (nSPS) is 20.5. The molecular formula is C26H36N6O. The Labute approximate surface area is 197 Å². The zero-order chi connectivity index (χ0) is 24.1. The van der Waals surface area contributed by atoms with Crippen LogP contribution in [0.15, 0.2) is 46.5 Å². The topological polar surface area (TPSA) is 95.2 Å². The van der Waals surface area contributed by atoms with Crippen molar-refractivity contribution in [1.82, 2.24) is 20.0 Å². The Morgan fingerprint density at radius 2 is 2.06 bits per heavy atom. The molecule has 0 bridgehead atoms. The summed E-state index contributed by atoms with van der Waals surface area (Å²) < 4.78 is 6.05. The van der Waals surface area contributed by atoms with Crippen LogP contribution in [-0.2, 0) is 6.42 Å². The molecule has 4 unspecified atom stereocenters. The maximum Gasteiger partial charge on any atom is 0.247 e. The van der Waals surface area contributed by atoms with Crippen LogP contribution in [0.5, 0.6) is 0 Å². The maximum absolute atomic E-state index is 9.12. The van der Waals surface area contributed by atoms with E-state index < -0.39 is 6.04 Å². The van der Waals surface area contributed by atoms with Gasteiger partial charge in [-0.1, -0.05) is 25.1 Å². The first-order valence-electron chi connectivity index (χ1n) is 11.5. The van der Waals surface area contributed by atoms with Gasteiger partial charge >= 0.3 is 0 Å². The van der Waals surface area contributed by atoms with Gasteiger partial charge in [0.15, 0.2) is 0 Å². The fraction of sp³-hybridized carbons (Fsp3) is 0.500. The molecule has 176 valence electrons. The molecule has 1 heterocycles. The summed E-state index contributed by atoms with van der Waals surface area (Å²) in [4.78, 5) is 4.43. The smallest absolute Gasteiger partial charge is 0.247 e. The van der Waals surface area contributed by atoms with E-state index >= 15 is 0 Å². The second-order valence-electron chi connectivity index (χ2n) is 9.52. The van der Waals surface area contributed by atoms with Gasteiger partial charge in [0.05, 0.1) is 17.7 Å². The van der Waals surface area contributed by atoms with E-state index in [4.69, 9.17) is 15.4 Å². The highest BCUT2D eigenvalue weighted by molar-refractivity contribution is 5.69. The Balaban J connectivity index is 1.80. The standard InChI is InChI=1S/C26H36N6O/c1-17-10-23(17)16-32(6)19(3)12-22(11-18(2)31(4)5)25-29-30-26(33-25)24(28)14-20-8-7-9-21(13-20)15-27/h7-9,11-13,17,19,23-24H,10,14,16,28H2,1-6H3/b18-11+,22-12+. The number of hydrogen-bond acceptors (Lipinski definition) is 7. The minimum Gasteiger partial charge on any atom is -0.419 e. The highest BCUT2D eigenvalue weighted by atomic mass is 16.4. The molecule has 1 aromatic carbocycles. The van der Waals surface area contributed by atoms with Gasteiger partial charge < -0.3 is 15.1 Å². The Bertz CT molecular complexity index is 1050. The predicted molar refractivity (Wildman–Crippen MR) is 131 cm³/mol. The summed E-state index contributed by atoms with van der Waals surface area (Å²) in [6.07, 6.45) is 6.08. The monoisotopic (exact) mass is 448 g/mol. The largest absolute Gasteiger partial charge is 0.419 e. The molecule has 0 amide bonds. The Morgan fingerprint density at radius 3 is 2.70 bits per heavy atom. The molecule has 0 radical (unpaired) electrons. The lowest BCUT2D eigenvalue weighted by molar-refractivity contribution is 0.280. The summed E-state index contributed by atoms with van der Waals surface area (Å²) in [6, 6.07) is 9.35. The number of aromatic nitrogens is 2. The van der Waals surface area contributed by atoms with Crippen molar-refractivity contribution in [2.75, 3.05) is 27.7 Å². The van der Waals surface area contributed by atoms with Crippen LogP contribution in [0, 0.1) is 23.2 Å². The van der Waals surface area contributed by atoms with Gasteiger partial charge in [0.25, 0.3) is 0 Å². The van der Waals surface area contributed by atoms with Crippen LogP contribution in [0.2, 0.25) is 0 Å². The molecule has 0 aliphatic heterocycles. The zero-order valence-corrected chi connectivity index (χ0v) is 20.6. The van der Waals surface area contributed by atoms with Crippen molar-refractivity contribution in [3.05, 3.63) is 65.0 Å². The van der Waals surface area contributed by atoms with Crippen LogP contribution in [0.4, 0.5) is 0 Å². The molecule has 0 spiro atoms. The van der Waals surface area contributed by atoms with E-state index in [0.717, 1.165) is 35.2 Å². The van der Waals surface area contributed by atoms with E-state index in [1.165, 1.54) is 6.42 Å². The number of nitrogens with zero attached hydrogens (tertiary/aromatic N) is 5. The second-order valence-corrected chi connectivity index (χ2v) is 9.52. The molecule has 0 saturated heterocycles. The van der Waals surface area contributed by atoms with Crippen LogP contribution >= 0.6 is 0 Å². The third-order valence-corrected chi connectivity index (χ3v) is 6.50. The van der Waals surface area contributed by atoms with Crippen molar-refractivity contribution in [2.24, 2.45) is 17.6 Å². The number of nitrogens with two attached hydrogens (primary N) is 1. The highest BCUT2D eigenvalue weighted by Crippen LogP contribution is 2.38.